The van der Waals surface area contributed by atoms with E-state index in [1.54, 1.807) is 5.31 Å². The SMILES string of the molecule is [2H]N1C(c2ccccc2)=C(C)N(c2ccccc2C)C1C1CCCCC1. The van der Waals surface area contributed by atoms with Crippen molar-refractivity contribution in [2.75, 3.05) is 4.90 Å². The lowest BCUT2D eigenvalue weighted by Crippen LogP contribution is -2.44. The first-order valence-corrected chi connectivity index (χ1v) is 9.58. The number of benzene rings is 2. The number of para-hydroxylation sites is 1. The minimum Gasteiger partial charge on any atom is -0.363 e. The van der Waals surface area contributed by atoms with Gasteiger partial charge in [-0.3, -0.25) is 0 Å². The summed E-state index contributed by atoms with van der Waals surface area (Å²) in [6.45, 7) is 4.36. The van der Waals surface area contributed by atoms with Gasteiger partial charge in [0.25, 0.3) is 0 Å². The third-order valence-corrected chi connectivity index (χ3v) is 5.72. The Bertz CT molecular complexity index is 793. The van der Waals surface area contributed by atoms with Crippen LogP contribution in [-0.4, -0.2) is 6.17 Å². The molecule has 0 amide bonds. The number of hydrogen-bond donors (Lipinski definition) is 1. The number of nitrogens with one attached hydrogen (secondary N) is 1. The lowest BCUT2D eigenvalue weighted by molar-refractivity contribution is 0.293. The van der Waals surface area contributed by atoms with E-state index >= 15 is 0 Å². The molecule has 25 heavy (non-hydrogen) atoms. The molecule has 0 aromatic heterocycles. The summed E-state index contributed by atoms with van der Waals surface area (Å²) in [5, 5.41) is 1.80. The molecule has 1 atom stereocenters. The Morgan fingerprint density at radius 3 is 2.32 bits per heavy atom. The molecule has 1 unspecified atom stereocenters. The maximum Gasteiger partial charge on any atom is 0.162 e. The molecule has 4 rings (SSSR count). The van der Waals surface area contributed by atoms with E-state index in [1.165, 1.54) is 49.1 Å². The number of aryl methyl sites for hydroxylation is 1. The van der Waals surface area contributed by atoms with Crippen LogP contribution in [-0.2, 0) is 0 Å². The number of rotatable bonds is 3. The Morgan fingerprint density at radius 1 is 0.920 bits per heavy atom. The van der Waals surface area contributed by atoms with Crippen LogP contribution in [0, 0.1) is 12.8 Å². The molecule has 1 N–H and O–H groups in total. The third-order valence-electron chi connectivity index (χ3n) is 5.72. The fraction of sp³-hybridized carbons (Fsp3) is 0.391. The van der Waals surface area contributed by atoms with E-state index < -0.39 is 0 Å². The fourth-order valence-electron chi connectivity index (χ4n) is 4.38. The highest BCUT2D eigenvalue weighted by Gasteiger charge is 2.36. The van der Waals surface area contributed by atoms with Crippen LogP contribution in [0.15, 0.2) is 60.3 Å². The van der Waals surface area contributed by atoms with Crippen molar-refractivity contribution >= 4 is 11.4 Å². The molecule has 1 aliphatic carbocycles. The molecule has 1 aliphatic heterocycles. The van der Waals surface area contributed by atoms with E-state index in [0.29, 0.717) is 5.92 Å². The summed E-state index contributed by atoms with van der Waals surface area (Å²) in [4.78, 5) is 2.43. The minimum atomic E-state index is 0.0895. The summed E-state index contributed by atoms with van der Waals surface area (Å²) in [5.41, 5.74) is 5.89. The zero-order chi connectivity index (χ0) is 18.1. The zero-order valence-corrected chi connectivity index (χ0v) is 15.3. The van der Waals surface area contributed by atoms with Gasteiger partial charge in [0.15, 0.2) is 1.41 Å². The van der Waals surface area contributed by atoms with E-state index in [0.717, 1.165) is 11.3 Å². The summed E-state index contributed by atoms with van der Waals surface area (Å²) in [6, 6.07) is 19.0. The maximum absolute atomic E-state index is 9.03. The predicted molar refractivity (Wildman–Crippen MR) is 106 cm³/mol. The molecular formula is C23H28N2. The first-order valence-electron chi connectivity index (χ1n) is 10.0. The Morgan fingerprint density at radius 2 is 1.60 bits per heavy atom. The van der Waals surface area contributed by atoms with Gasteiger partial charge < -0.3 is 10.2 Å². The van der Waals surface area contributed by atoms with Gasteiger partial charge in [-0.25, -0.2) is 0 Å². The van der Waals surface area contributed by atoms with E-state index in [9.17, 15) is 0 Å². The highest BCUT2D eigenvalue weighted by atomic mass is 15.3. The molecule has 1 heterocycles. The summed E-state index contributed by atoms with van der Waals surface area (Å²) in [7, 11) is 0. The Kier molecular flexibility index (Phi) is 4.19. The van der Waals surface area contributed by atoms with Gasteiger partial charge in [0.1, 0.15) is 6.17 Å². The molecule has 0 bridgehead atoms. The highest BCUT2D eigenvalue weighted by molar-refractivity contribution is 5.76. The van der Waals surface area contributed by atoms with E-state index in [-0.39, 0.29) is 6.17 Å². The van der Waals surface area contributed by atoms with Crippen LogP contribution in [0.2, 0.25) is 1.41 Å². The van der Waals surface area contributed by atoms with Crippen molar-refractivity contribution in [1.29, 1.82) is 0 Å². The molecule has 2 nitrogen and oxygen atoms in total. The van der Waals surface area contributed by atoms with Crippen molar-refractivity contribution in [2.24, 2.45) is 5.92 Å². The molecule has 2 aromatic carbocycles. The number of hydrogen-bond acceptors (Lipinski definition) is 2. The van der Waals surface area contributed by atoms with Gasteiger partial charge >= 0.3 is 0 Å². The van der Waals surface area contributed by atoms with Crippen LogP contribution < -0.4 is 10.2 Å². The first-order chi connectivity index (χ1) is 12.7. The monoisotopic (exact) mass is 333 g/mol. The van der Waals surface area contributed by atoms with Gasteiger partial charge in [0.2, 0.25) is 0 Å². The van der Waals surface area contributed by atoms with Crippen molar-refractivity contribution < 1.29 is 1.41 Å². The Balaban J connectivity index is 1.82. The third kappa shape index (κ3) is 3.06. The van der Waals surface area contributed by atoms with Crippen molar-refractivity contribution in [3.8, 4) is 0 Å². The second-order valence-corrected chi connectivity index (χ2v) is 7.40. The van der Waals surface area contributed by atoms with E-state index in [4.69, 9.17) is 1.41 Å². The molecule has 0 saturated heterocycles. The average molecular weight is 333 g/mol. The van der Waals surface area contributed by atoms with Crippen LogP contribution in [0.5, 0.6) is 0 Å². The van der Waals surface area contributed by atoms with Crippen molar-refractivity contribution in [3.05, 3.63) is 71.4 Å². The normalized spacial score (nSPS) is 22.5. The van der Waals surface area contributed by atoms with Gasteiger partial charge in [-0.05, 0) is 49.8 Å². The van der Waals surface area contributed by atoms with Crippen LogP contribution in [0.25, 0.3) is 5.70 Å². The molecule has 1 fully saturated rings. The maximum atomic E-state index is 9.03. The molecule has 130 valence electrons. The molecule has 2 heteroatoms. The largest absolute Gasteiger partial charge is 0.363 e. The lowest BCUT2D eigenvalue weighted by atomic mass is 9.86. The van der Waals surface area contributed by atoms with Crippen molar-refractivity contribution in [2.45, 2.75) is 52.1 Å². The Labute approximate surface area is 153 Å². The van der Waals surface area contributed by atoms with Crippen LogP contribution in [0.3, 0.4) is 0 Å². The molecule has 1 saturated carbocycles. The lowest BCUT2D eigenvalue weighted by Gasteiger charge is -2.36. The topological polar surface area (TPSA) is 15.3 Å². The standard InChI is InChI=1S/C23H28N2/c1-17-11-9-10-16-21(17)25-18(2)22(19-12-5-3-6-13-19)24-23(25)20-14-7-4-8-15-20/h3,5-6,9-13,16,20,23-24H,4,7-8,14-15H2,1-2H3/i/hD. The van der Waals surface area contributed by atoms with Crippen LogP contribution >= 0.6 is 0 Å². The van der Waals surface area contributed by atoms with Crippen molar-refractivity contribution in [3.63, 3.8) is 0 Å². The molecule has 2 aliphatic rings. The van der Waals surface area contributed by atoms with E-state index in [2.05, 4.69) is 67.3 Å². The van der Waals surface area contributed by atoms with Gasteiger partial charge in [0.05, 0.1) is 5.70 Å². The Hall–Kier alpha value is -2.22. The fourth-order valence-corrected chi connectivity index (χ4v) is 4.38. The quantitative estimate of drug-likeness (QED) is 0.775. The molecule has 2 aromatic rings. The second kappa shape index (κ2) is 6.95. The molecule has 0 radical (unpaired) electrons. The summed E-state index contributed by atoms with van der Waals surface area (Å²) >= 11 is 0. The van der Waals surface area contributed by atoms with Gasteiger partial charge in [0, 0.05) is 11.4 Å². The highest BCUT2D eigenvalue weighted by Crippen LogP contribution is 2.39. The summed E-state index contributed by atoms with van der Waals surface area (Å²) < 4.78 is 9.03. The van der Waals surface area contributed by atoms with Gasteiger partial charge in [-0.2, -0.15) is 0 Å². The smallest absolute Gasteiger partial charge is 0.162 e. The predicted octanol–water partition coefficient (Wildman–Crippen LogP) is 5.70. The molecular weight excluding hydrogens is 304 g/mol. The molecule has 0 spiro atoms. The summed E-state index contributed by atoms with van der Waals surface area (Å²) in [5.74, 6) is 0.539. The minimum absolute atomic E-state index is 0.0895. The van der Waals surface area contributed by atoms with Crippen LogP contribution in [0.4, 0.5) is 5.69 Å². The summed E-state index contributed by atoms with van der Waals surface area (Å²) in [6.07, 6.45) is 6.44. The van der Waals surface area contributed by atoms with Gasteiger partial charge in [-0.1, -0.05) is 67.8 Å². The van der Waals surface area contributed by atoms with Gasteiger partial charge in [-0.15, -0.1) is 0 Å². The van der Waals surface area contributed by atoms with Crippen molar-refractivity contribution in [1.82, 2.24) is 5.31 Å². The zero-order valence-electron chi connectivity index (χ0n) is 16.3. The number of nitrogens with zero attached hydrogens (tertiary/aromatic N) is 1. The number of anilines is 1. The second-order valence-electron chi connectivity index (χ2n) is 7.40. The first kappa shape index (κ1) is 15.1. The number of allylic oxidation sites excluding steroid dienone is 1. The average Bonchev–Trinajstić information content (AvgIpc) is 2.94. The van der Waals surface area contributed by atoms with E-state index in [1.807, 2.05) is 6.07 Å². The van der Waals surface area contributed by atoms with Crippen LogP contribution in [0.1, 0.15) is 50.2 Å².